The van der Waals surface area contributed by atoms with Crippen molar-refractivity contribution in [2.45, 2.75) is 200 Å². The van der Waals surface area contributed by atoms with Crippen LogP contribution in [0.3, 0.4) is 0 Å². The summed E-state index contributed by atoms with van der Waals surface area (Å²) in [6.07, 6.45) is 68.0. The smallest absolute Gasteiger partial charge is 0.306 e. The Bertz CT molecular complexity index is 1350. The van der Waals surface area contributed by atoms with Crippen LogP contribution in [0.15, 0.2) is 122 Å². The van der Waals surface area contributed by atoms with Gasteiger partial charge in [-0.1, -0.05) is 200 Å². The van der Waals surface area contributed by atoms with Crippen LogP contribution in [0.1, 0.15) is 194 Å². The second-order valence-electron chi connectivity index (χ2n) is 15.6. The summed E-state index contributed by atoms with van der Waals surface area (Å²) < 4.78 is 16.6. The van der Waals surface area contributed by atoms with Crippen LogP contribution < -0.4 is 0 Å². The van der Waals surface area contributed by atoms with E-state index in [1.165, 1.54) is 32.1 Å². The molecule has 0 fully saturated rings. The summed E-state index contributed by atoms with van der Waals surface area (Å²) in [5, 5.41) is 0. The molecule has 1 unspecified atom stereocenters. The van der Waals surface area contributed by atoms with Crippen LogP contribution in [-0.4, -0.2) is 37.2 Å². The minimum Gasteiger partial charge on any atom is -0.462 e. The number of hydrogen-bond acceptors (Lipinski definition) is 6. The van der Waals surface area contributed by atoms with Crippen LogP contribution in [0, 0.1) is 0 Å². The van der Waals surface area contributed by atoms with Crippen LogP contribution in [0.4, 0.5) is 0 Å². The largest absolute Gasteiger partial charge is 0.462 e. The molecule has 6 heteroatoms. The van der Waals surface area contributed by atoms with Crippen LogP contribution >= 0.6 is 0 Å². The number of esters is 3. The number of ether oxygens (including phenoxy) is 3. The van der Waals surface area contributed by atoms with Crippen LogP contribution in [0.2, 0.25) is 0 Å². The topological polar surface area (TPSA) is 78.9 Å². The van der Waals surface area contributed by atoms with Gasteiger partial charge in [-0.2, -0.15) is 0 Å². The van der Waals surface area contributed by atoms with E-state index in [0.29, 0.717) is 19.3 Å². The summed E-state index contributed by atoms with van der Waals surface area (Å²) >= 11 is 0. The Morgan fingerprint density at radius 1 is 0.339 bits per heavy atom. The number of unbranched alkanes of at least 4 members (excludes halogenated alkanes) is 11. The van der Waals surface area contributed by atoms with Crippen molar-refractivity contribution in [1.82, 2.24) is 0 Å². The maximum atomic E-state index is 12.7. The molecule has 0 N–H and O–H groups in total. The van der Waals surface area contributed by atoms with Crippen LogP contribution in [-0.2, 0) is 28.6 Å². The van der Waals surface area contributed by atoms with Crippen molar-refractivity contribution < 1.29 is 28.6 Å². The molecule has 0 spiro atoms. The van der Waals surface area contributed by atoms with E-state index in [2.05, 4.69) is 130 Å². The molecule has 6 nitrogen and oxygen atoms in total. The van der Waals surface area contributed by atoms with E-state index in [9.17, 15) is 14.4 Å². The maximum absolute atomic E-state index is 12.7. The predicted octanol–water partition coefficient (Wildman–Crippen LogP) is 16.1. The molecule has 0 aromatic rings. The molecule has 0 saturated heterocycles. The van der Waals surface area contributed by atoms with Crippen molar-refractivity contribution in [3.05, 3.63) is 122 Å². The van der Waals surface area contributed by atoms with E-state index < -0.39 is 12.1 Å². The molecule has 0 bridgehead atoms. The maximum Gasteiger partial charge on any atom is 0.306 e. The fourth-order valence-corrected chi connectivity index (χ4v) is 6.10. The first-order valence-corrected chi connectivity index (χ1v) is 24.5. The van der Waals surface area contributed by atoms with Gasteiger partial charge < -0.3 is 14.2 Å². The summed E-state index contributed by atoms with van der Waals surface area (Å²) in [7, 11) is 0. The molecule has 0 aromatic heterocycles. The Balaban J connectivity index is 4.30. The van der Waals surface area contributed by atoms with Crippen molar-refractivity contribution in [3.63, 3.8) is 0 Å². The first-order chi connectivity index (χ1) is 30.5. The zero-order valence-corrected chi connectivity index (χ0v) is 39.6. The van der Waals surface area contributed by atoms with Crippen LogP contribution in [0.25, 0.3) is 0 Å². The minimum absolute atomic E-state index is 0.115. The highest BCUT2D eigenvalue weighted by Crippen LogP contribution is 2.12. The third kappa shape index (κ3) is 46.9. The summed E-state index contributed by atoms with van der Waals surface area (Å²) in [6, 6.07) is 0. The lowest BCUT2D eigenvalue weighted by Crippen LogP contribution is -2.30. The molecule has 0 radical (unpaired) electrons. The van der Waals surface area contributed by atoms with E-state index in [-0.39, 0.29) is 31.6 Å². The molecule has 0 aliphatic carbocycles. The Morgan fingerprint density at radius 3 is 1.05 bits per heavy atom. The lowest BCUT2D eigenvalue weighted by molar-refractivity contribution is -0.166. The average Bonchev–Trinajstić information content (AvgIpc) is 3.27. The number of rotatable bonds is 42. The van der Waals surface area contributed by atoms with Crippen molar-refractivity contribution >= 4 is 17.9 Å². The summed E-state index contributed by atoms with van der Waals surface area (Å²) in [5.74, 6) is -1.03. The van der Waals surface area contributed by atoms with Gasteiger partial charge in [0.2, 0.25) is 0 Å². The minimum atomic E-state index is -0.821. The SMILES string of the molecule is CC/C=C\C/C=C\C/C=C\C/C=C\C/C=C\C/C=C\CCCCCCCCC(=O)OCC(COC(=O)CCCCCCCC)OC(=O)CC/C=C\C/C=C\C/C=C\C/C=C\CC. The molecule has 0 aromatic carbocycles. The van der Waals surface area contributed by atoms with Gasteiger partial charge in [-0.15, -0.1) is 0 Å². The van der Waals surface area contributed by atoms with Gasteiger partial charge in [0, 0.05) is 19.3 Å². The molecule has 0 saturated carbocycles. The molecule has 1 atom stereocenters. The number of carbonyl (C=O) groups is 3. The van der Waals surface area contributed by atoms with E-state index in [0.717, 1.165) is 116 Å². The van der Waals surface area contributed by atoms with E-state index >= 15 is 0 Å². The first kappa shape index (κ1) is 57.8. The third-order valence-electron chi connectivity index (χ3n) is 9.73. The van der Waals surface area contributed by atoms with Crippen molar-refractivity contribution in [2.75, 3.05) is 13.2 Å². The Labute approximate surface area is 380 Å². The van der Waals surface area contributed by atoms with Gasteiger partial charge in [0.25, 0.3) is 0 Å². The molecule has 0 aliphatic heterocycles. The Kier molecular flexibility index (Phi) is 46.1. The van der Waals surface area contributed by atoms with Crippen molar-refractivity contribution in [1.29, 1.82) is 0 Å². The highest BCUT2D eigenvalue weighted by atomic mass is 16.6. The lowest BCUT2D eigenvalue weighted by Gasteiger charge is -2.18. The summed E-state index contributed by atoms with van der Waals surface area (Å²) in [4.78, 5) is 37.6. The van der Waals surface area contributed by atoms with Gasteiger partial charge in [-0.05, 0) is 96.3 Å². The molecule has 62 heavy (non-hydrogen) atoms. The average molecular weight is 857 g/mol. The number of hydrogen-bond donors (Lipinski definition) is 0. The zero-order valence-electron chi connectivity index (χ0n) is 39.6. The second-order valence-corrected chi connectivity index (χ2v) is 15.6. The van der Waals surface area contributed by atoms with Gasteiger partial charge in [0.05, 0.1) is 0 Å². The van der Waals surface area contributed by atoms with Gasteiger partial charge in [0.15, 0.2) is 6.10 Å². The molecule has 0 rings (SSSR count). The highest BCUT2D eigenvalue weighted by molar-refractivity contribution is 5.71. The number of allylic oxidation sites excluding steroid dienone is 20. The molecular formula is C56H88O6. The lowest BCUT2D eigenvalue weighted by atomic mass is 10.1. The quantitative estimate of drug-likeness (QED) is 0.0263. The number of carbonyl (C=O) groups excluding carboxylic acids is 3. The highest BCUT2D eigenvalue weighted by Gasteiger charge is 2.19. The van der Waals surface area contributed by atoms with Gasteiger partial charge >= 0.3 is 17.9 Å². The van der Waals surface area contributed by atoms with Gasteiger partial charge in [0.1, 0.15) is 13.2 Å². The van der Waals surface area contributed by atoms with Crippen LogP contribution in [0.5, 0.6) is 0 Å². The Morgan fingerprint density at radius 2 is 0.661 bits per heavy atom. The first-order valence-electron chi connectivity index (χ1n) is 24.5. The van der Waals surface area contributed by atoms with Crippen molar-refractivity contribution in [3.8, 4) is 0 Å². The third-order valence-corrected chi connectivity index (χ3v) is 9.73. The van der Waals surface area contributed by atoms with E-state index in [1.807, 2.05) is 12.2 Å². The normalized spacial score (nSPS) is 13.1. The molecule has 0 aliphatic rings. The van der Waals surface area contributed by atoms with Gasteiger partial charge in [-0.25, -0.2) is 0 Å². The summed E-state index contributed by atoms with van der Waals surface area (Å²) in [5.41, 5.74) is 0. The molecule has 0 heterocycles. The standard InChI is InChI=1S/C56H88O6/c1-4-7-10-13-16-18-20-22-23-24-25-26-27-28-29-30-31-32-33-35-36-38-40-43-46-49-55(58)61-52-53(51-60-54(57)48-45-42-15-12-9-6-3)62-56(59)50-47-44-41-39-37-34-21-19-17-14-11-8-5-2/h7-8,10-11,16-19,22-23,25-26,28-29,31-32,34,37,41,44,53H,4-6,9,12-15,20-21,24,27,30,33,35-36,38-40,42-43,45-52H2,1-3H3/b10-7-,11-8-,18-16-,19-17-,23-22-,26-25-,29-28-,32-31-,37-34-,44-41-. The van der Waals surface area contributed by atoms with E-state index in [4.69, 9.17) is 14.2 Å². The summed E-state index contributed by atoms with van der Waals surface area (Å²) in [6.45, 7) is 6.24. The zero-order chi connectivity index (χ0) is 45.1. The van der Waals surface area contributed by atoms with E-state index in [1.54, 1.807) is 0 Å². The molecular weight excluding hydrogens is 769 g/mol. The van der Waals surface area contributed by atoms with Crippen molar-refractivity contribution in [2.24, 2.45) is 0 Å². The fourth-order valence-electron chi connectivity index (χ4n) is 6.10. The predicted molar refractivity (Wildman–Crippen MR) is 265 cm³/mol. The second kappa shape index (κ2) is 49.5. The fraction of sp³-hybridized carbons (Fsp3) is 0.589. The monoisotopic (exact) mass is 857 g/mol. The van der Waals surface area contributed by atoms with Gasteiger partial charge in [-0.3, -0.25) is 14.4 Å². The molecule has 348 valence electrons. The molecule has 0 amide bonds. The Hall–Kier alpha value is -4.19.